The van der Waals surface area contributed by atoms with Crippen LogP contribution in [0.3, 0.4) is 0 Å². The van der Waals surface area contributed by atoms with Crippen molar-refractivity contribution in [2.45, 2.75) is 26.2 Å². The maximum atomic E-state index is 13.0. The van der Waals surface area contributed by atoms with E-state index in [1.807, 2.05) is 55.3 Å². The predicted molar refractivity (Wildman–Crippen MR) is 107 cm³/mol. The molecule has 3 rings (SSSR count). The first-order chi connectivity index (χ1) is 13.0. The lowest BCUT2D eigenvalue weighted by molar-refractivity contribution is 0.0729. The fourth-order valence-electron chi connectivity index (χ4n) is 3.93. The summed E-state index contributed by atoms with van der Waals surface area (Å²) in [6, 6.07) is 14.6. The fourth-order valence-corrected chi connectivity index (χ4v) is 3.93. The number of rotatable bonds is 6. The van der Waals surface area contributed by atoms with Crippen LogP contribution in [0.15, 0.2) is 48.5 Å². The average molecular weight is 368 g/mol. The minimum absolute atomic E-state index is 0.108. The molecule has 1 fully saturated rings. The molecule has 0 N–H and O–H groups in total. The molecule has 0 spiro atoms. The molecule has 0 unspecified atom stereocenters. The second-order valence-electron chi connectivity index (χ2n) is 7.69. The molecule has 27 heavy (non-hydrogen) atoms. The van der Waals surface area contributed by atoms with Gasteiger partial charge in [0.25, 0.3) is 5.91 Å². The van der Waals surface area contributed by atoms with E-state index in [9.17, 15) is 9.18 Å². The Morgan fingerprint density at radius 3 is 2.67 bits per heavy atom. The number of aryl methyl sites for hydroxylation is 1. The summed E-state index contributed by atoms with van der Waals surface area (Å²) in [5.74, 6) is 0.430. The molecule has 3 nitrogen and oxygen atoms in total. The second kappa shape index (κ2) is 9.14. The van der Waals surface area contributed by atoms with Crippen molar-refractivity contribution in [2.24, 2.45) is 5.92 Å². The Kier molecular flexibility index (Phi) is 6.62. The molecule has 1 amide bonds. The second-order valence-corrected chi connectivity index (χ2v) is 7.69. The van der Waals surface area contributed by atoms with Crippen molar-refractivity contribution in [3.63, 3.8) is 0 Å². The number of piperidine rings is 1. The van der Waals surface area contributed by atoms with E-state index in [0.717, 1.165) is 43.7 Å². The summed E-state index contributed by atoms with van der Waals surface area (Å²) in [7, 11) is 1.91. The van der Waals surface area contributed by atoms with Gasteiger partial charge in [-0.15, -0.1) is 0 Å². The maximum Gasteiger partial charge on any atom is 0.253 e. The van der Waals surface area contributed by atoms with Crippen LogP contribution in [0.5, 0.6) is 0 Å². The lowest BCUT2D eigenvalue weighted by atomic mass is 9.96. The van der Waals surface area contributed by atoms with E-state index >= 15 is 0 Å². The minimum atomic E-state index is -0.182. The van der Waals surface area contributed by atoms with Gasteiger partial charge in [0.1, 0.15) is 5.82 Å². The highest BCUT2D eigenvalue weighted by Crippen LogP contribution is 2.19. The van der Waals surface area contributed by atoms with E-state index in [1.54, 1.807) is 0 Å². The van der Waals surface area contributed by atoms with Gasteiger partial charge in [-0.05, 0) is 68.0 Å². The number of halogens is 1. The number of amides is 1. The fraction of sp³-hybridized carbons (Fsp3) is 0.435. The van der Waals surface area contributed by atoms with Gasteiger partial charge in [0, 0.05) is 32.2 Å². The van der Waals surface area contributed by atoms with E-state index in [0.29, 0.717) is 5.92 Å². The SMILES string of the molecule is Cc1ccccc1C(=O)N(C)C[C@@H]1CCCN(CCc2ccc(F)cc2)C1. The molecular weight excluding hydrogens is 339 g/mol. The molecule has 1 aliphatic rings. The van der Waals surface area contributed by atoms with E-state index < -0.39 is 0 Å². The number of likely N-dealkylation sites (tertiary alicyclic amines) is 1. The number of nitrogens with zero attached hydrogens (tertiary/aromatic N) is 2. The number of benzene rings is 2. The quantitative estimate of drug-likeness (QED) is 0.764. The summed E-state index contributed by atoms with van der Waals surface area (Å²) in [5.41, 5.74) is 2.99. The summed E-state index contributed by atoms with van der Waals surface area (Å²) < 4.78 is 13.0. The van der Waals surface area contributed by atoms with Crippen molar-refractivity contribution >= 4 is 5.91 Å². The molecule has 2 aromatic carbocycles. The van der Waals surface area contributed by atoms with Crippen LogP contribution in [0.1, 0.15) is 34.3 Å². The molecule has 0 bridgehead atoms. The van der Waals surface area contributed by atoms with Gasteiger partial charge in [-0.25, -0.2) is 4.39 Å². The summed E-state index contributed by atoms with van der Waals surface area (Å²) in [6.07, 6.45) is 3.27. The van der Waals surface area contributed by atoms with Crippen molar-refractivity contribution in [1.82, 2.24) is 9.80 Å². The predicted octanol–water partition coefficient (Wildman–Crippen LogP) is 4.16. The van der Waals surface area contributed by atoms with Gasteiger partial charge in [-0.3, -0.25) is 4.79 Å². The van der Waals surface area contributed by atoms with Gasteiger partial charge in [0.2, 0.25) is 0 Å². The first-order valence-corrected chi connectivity index (χ1v) is 9.81. The van der Waals surface area contributed by atoms with Crippen LogP contribution in [-0.4, -0.2) is 48.9 Å². The zero-order valence-electron chi connectivity index (χ0n) is 16.3. The Hall–Kier alpha value is -2.20. The van der Waals surface area contributed by atoms with Crippen LogP contribution in [-0.2, 0) is 6.42 Å². The van der Waals surface area contributed by atoms with E-state index in [4.69, 9.17) is 0 Å². The molecule has 0 aliphatic carbocycles. The normalized spacial score (nSPS) is 17.7. The topological polar surface area (TPSA) is 23.6 Å². The third-order valence-corrected chi connectivity index (χ3v) is 5.49. The maximum absolute atomic E-state index is 13.0. The van der Waals surface area contributed by atoms with Gasteiger partial charge < -0.3 is 9.80 Å². The van der Waals surface area contributed by atoms with Crippen LogP contribution in [0.4, 0.5) is 4.39 Å². The van der Waals surface area contributed by atoms with E-state index in [2.05, 4.69) is 4.90 Å². The lowest BCUT2D eigenvalue weighted by Gasteiger charge is -2.35. The Labute approximate surface area is 161 Å². The summed E-state index contributed by atoms with van der Waals surface area (Å²) >= 11 is 0. The lowest BCUT2D eigenvalue weighted by Crippen LogP contribution is -2.42. The van der Waals surface area contributed by atoms with Crippen LogP contribution in [0, 0.1) is 18.7 Å². The molecular formula is C23H29FN2O. The molecule has 4 heteroatoms. The Morgan fingerprint density at radius 2 is 1.93 bits per heavy atom. The minimum Gasteiger partial charge on any atom is -0.341 e. The van der Waals surface area contributed by atoms with Crippen LogP contribution in [0.2, 0.25) is 0 Å². The number of hydrogen-bond donors (Lipinski definition) is 0. The summed E-state index contributed by atoms with van der Waals surface area (Å²) in [5, 5.41) is 0. The smallest absolute Gasteiger partial charge is 0.253 e. The Balaban J connectivity index is 1.51. The molecule has 0 aromatic heterocycles. The zero-order chi connectivity index (χ0) is 19.2. The Morgan fingerprint density at radius 1 is 1.19 bits per heavy atom. The molecule has 144 valence electrons. The molecule has 1 aliphatic heterocycles. The van der Waals surface area contributed by atoms with Crippen LogP contribution >= 0.6 is 0 Å². The summed E-state index contributed by atoms with van der Waals surface area (Å²) in [6.45, 7) is 5.89. The molecule has 2 aromatic rings. The number of hydrogen-bond acceptors (Lipinski definition) is 2. The molecule has 0 radical (unpaired) electrons. The third-order valence-electron chi connectivity index (χ3n) is 5.49. The Bertz CT molecular complexity index is 759. The summed E-state index contributed by atoms with van der Waals surface area (Å²) in [4.78, 5) is 17.1. The number of carbonyl (C=O) groups is 1. The highest BCUT2D eigenvalue weighted by molar-refractivity contribution is 5.95. The molecule has 1 heterocycles. The monoisotopic (exact) mass is 368 g/mol. The van der Waals surface area contributed by atoms with Gasteiger partial charge in [-0.2, -0.15) is 0 Å². The van der Waals surface area contributed by atoms with Crippen molar-refractivity contribution < 1.29 is 9.18 Å². The highest BCUT2D eigenvalue weighted by Gasteiger charge is 2.23. The highest BCUT2D eigenvalue weighted by atomic mass is 19.1. The van der Waals surface area contributed by atoms with Crippen LogP contribution in [0.25, 0.3) is 0 Å². The van der Waals surface area contributed by atoms with E-state index in [1.165, 1.54) is 30.5 Å². The van der Waals surface area contributed by atoms with Crippen molar-refractivity contribution in [3.05, 3.63) is 71.0 Å². The van der Waals surface area contributed by atoms with Crippen molar-refractivity contribution in [3.8, 4) is 0 Å². The average Bonchev–Trinajstić information content (AvgIpc) is 2.68. The van der Waals surface area contributed by atoms with Gasteiger partial charge >= 0.3 is 0 Å². The molecule has 0 saturated carbocycles. The largest absolute Gasteiger partial charge is 0.341 e. The van der Waals surface area contributed by atoms with E-state index in [-0.39, 0.29) is 11.7 Å². The van der Waals surface area contributed by atoms with Gasteiger partial charge in [-0.1, -0.05) is 30.3 Å². The molecule has 1 saturated heterocycles. The van der Waals surface area contributed by atoms with Crippen molar-refractivity contribution in [1.29, 1.82) is 0 Å². The first kappa shape index (κ1) is 19.6. The van der Waals surface area contributed by atoms with Gasteiger partial charge in [0.15, 0.2) is 0 Å². The molecule has 1 atom stereocenters. The standard InChI is InChI=1S/C23H29FN2O/c1-18-6-3-4-8-22(18)23(27)25(2)16-20-7-5-14-26(17-20)15-13-19-9-11-21(24)12-10-19/h3-4,6,8-12,20H,5,7,13-17H2,1-2H3/t20-/m0/s1. The van der Waals surface area contributed by atoms with Crippen molar-refractivity contribution in [2.75, 3.05) is 33.2 Å². The van der Waals surface area contributed by atoms with Gasteiger partial charge in [0.05, 0.1) is 0 Å². The first-order valence-electron chi connectivity index (χ1n) is 9.81. The number of carbonyl (C=O) groups excluding carboxylic acids is 1. The zero-order valence-corrected chi connectivity index (χ0v) is 16.3. The third kappa shape index (κ3) is 5.39. The van der Waals surface area contributed by atoms with Crippen LogP contribution < -0.4 is 0 Å².